The minimum atomic E-state index is -0.587. The molecular weight excluding hydrogens is 248 g/mol. The molecule has 2 fully saturated rings. The molecule has 5 heteroatoms. The van der Waals surface area contributed by atoms with E-state index in [0.717, 1.165) is 6.42 Å². The van der Waals surface area contributed by atoms with Gasteiger partial charge in [0.15, 0.2) is 12.1 Å². The first kappa shape index (κ1) is 14.8. The molecule has 2 aliphatic heterocycles. The predicted molar refractivity (Wildman–Crippen MR) is 68.3 cm³/mol. The van der Waals surface area contributed by atoms with Crippen LogP contribution in [0.4, 0.5) is 0 Å². The van der Waals surface area contributed by atoms with E-state index >= 15 is 0 Å². The van der Waals surface area contributed by atoms with Gasteiger partial charge < -0.3 is 18.9 Å². The van der Waals surface area contributed by atoms with Gasteiger partial charge in [0, 0.05) is 6.42 Å². The third kappa shape index (κ3) is 3.27. The topological polar surface area (TPSA) is 54.0 Å². The first-order valence-corrected chi connectivity index (χ1v) is 7.04. The average molecular weight is 272 g/mol. The summed E-state index contributed by atoms with van der Waals surface area (Å²) in [5, 5.41) is 0. The largest absolute Gasteiger partial charge is 0.459 e. The molecule has 2 heterocycles. The van der Waals surface area contributed by atoms with Gasteiger partial charge in [-0.3, -0.25) is 4.79 Å². The van der Waals surface area contributed by atoms with Gasteiger partial charge in [-0.1, -0.05) is 20.8 Å². The number of hydrogen-bond acceptors (Lipinski definition) is 5. The van der Waals surface area contributed by atoms with Gasteiger partial charge in [-0.05, 0) is 20.3 Å². The number of fused-ring (bicyclic) bond motifs is 1. The Bertz CT molecular complexity index is 323. The molecule has 0 aromatic heterocycles. The van der Waals surface area contributed by atoms with E-state index in [-0.39, 0.29) is 36.5 Å². The van der Waals surface area contributed by atoms with E-state index < -0.39 is 5.79 Å². The van der Waals surface area contributed by atoms with E-state index in [1.54, 1.807) is 0 Å². The predicted octanol–water partition coefficient (Wildman–Crippen LogP) is 2.23. The summed E-state index contributed by atoms with van der Waals surface area (Å²) in [5.74, 6) is -0.896. The van der Waals surface area contributed by atoms with Crippen LogP contribution in [0.3, 0.4) is 0 Å². The van der Waals surface area contributed by atoms with E-state index in [4.69, 9.17) is 18.9 Å². The summed E-state index contributed by atoms with van der Waals surface area (Å²) < 4.78 is 22.7. The molecule has 110 valence electrons. The first-order chi connectivity index (χ1) is 8.82. The Morgan fingerprint density at radius 1 is 1.37 bits per heavy atom. The zero-order valence-electron chi connectivity index (χ0n) is 12.3. The molecule has 0 N–H and O–H groups in total. The van der Waals surface area contributed by atoms with Gasteiger partial charge in [0.1, 0.15) is 18.3 Å². The van der Waals surface area contributed by atoms with Crippen molar-refractivity contribution in [1.29, 1.82) is 0 Å². The van der Waals surface area contributed by atoms with Crippen LogP contribution < -0.4 is 0 Å². The Morgan fingerprint density at radius 3 is 2.58 bits per heavy atom. The van der Waals surface area contributed by atoms with Crippen LogP contribution in [0.1, 0.15) is 47.5 Å². The fraction of sp³-hybridized carbons (Fsp3) is 0.929. The molecular formula is C14H24O5. The van der Waals surface area contributed by atoms with Crippen LogP contribution in [0.25, 0.3) is 0 Å². The summed E-state index contributed by atoms with van der Waals surface area (Å²) in [4.78, 5) is 11.7. The zero-order chi connectivity index (χ0) is 14.2. The van der Waals surface area contributed by atoms with Crippen molar-refractivity contribution in [2.24, 2.45) is 5.92 Å². The maximum atomic E-state index is 11.7. The van der Waals surface area contributed by atoms with E-state index in [9.17, 15) is 4.79 Å². The molecule has 19 heavy (non-hydrogen) atoms. The normalized spacial score (nSPS) is 34.3. The number of carbonyl (C=O) groups is 1. The monoisotopic (exact) mass is 272 g/mol. The lowest BCUT2D eigenvalue weighted by Crippen LogP contribution is -2.34. The quantitative estimate of drug-likeness (QED) is 0.735. The van der Waals surface area contributed by atoms with Gasteiger partial charge in [0.05, 0.1) is 5.92 Å². The standard InChI is InChI=1S/C14H24O5/c1-6-9(16-12(15)8(2)3)10-7-11-13(17-10)19-14(4,5)18-11/h8-11,13H,6-7H2,1-5H3/t9?,10-,11+,13+/m0/s1. The third-order valence-corrected chi connectivity index (χ3v) is 3.47. The highest BCUT2D eigenvalue weighted by molar-refractivity contribution is 5.71. The fourth-order valence-corrected chi connectivity index (χ4v) is 2.48. The summed E-state index contributed by atoms with van der Waals surface area (Å²) in [7, 11) is 0. The molecule has 0 amide bonds. The number of esters is 1. The molecule has 2 aliphatic rings. The van der Waals surface area contributed by atoms with Gasteiger partial charge in [0.25, 0.3) is 0 Å². The smallest absolute Gasteiger partial charge is 0.308 e. The van der Waals surface area contributed by atoms with Crippen LogP contribution in [0.5, 0.6) is 0 Å². The highest BCUT2D eigenvalue weighted by atomic mass is 16.8. The van der Waals surface area contributed by atoms with Crippen LogP contribution >= 0.6 is 0 Å². The van der Waals surface area contributed by atoms with Gasteiger partial charge in [0.2, 0.25) is 0 Å². The molecule has 0 radical (unpaired) electrons. The van der Waals surface area contributed by atoms with Gasteiger partial charge in [-0.2, -0.15) is 0 Å². The Balaban J connectivity index is 1.91. The SMILES string of the molecule is CCC(OC(=O)C(C)C)[C@@H]1C[C@H]2OC(C)(C)O[C@H]2O1. The molecule has 5 nitrogen and oxygen atoms in total. The van der Waals surface area contributed by atoms with Crippen molar-refractivity contribution in [3.63, 3.8) is 0 Å². The fourth-order valence-electron chi connectivity index (χ4n) is 2.48. The molecule has 2 rings (SSSR count). The molecule has 2 saturated heterocycles. The Morgan fingerprint density at radius 2 is 2.05 bits per heavy atom. The molecule has 0 aromatic rings. The van der Waals surface area contributed by atoms with Crippen molar-refractivity contribution in [1.82, 2.24) is 0 Å². The van der Waals surface area contributed by atoms with Crippen LogP contribution in [-0.4, -0.2) is 36.4 Å². The maximum Gasteiger partial charge on any atom is 0.308 e. The number of rotatable bonds is 4. The summed E-state index contributed by atoms with van der Waals surface area (Å²) in [5.41, 5.74) is 0. The Labute approximate surface area is 114 Å². The summed E-state index contributed by atoms with van der Waals surface area (Å²) >= 11 is 0. The number of ether oxygens (including phenoxy) is 4. The molecule has 0 spiro atoms. The second kappa shape index (κ2) is 5.38. The zero-order valence-corrected chi connectivity index (χ0v) is 12.3. The van der Waals surface area contributed by atoms with Gasteiger partial charge in [-0.15, -0.1) is 0 Å². The van der Waals surface area contributed by atoms with Crippen molar-refractivity contribution in [2.45, 2.75) is 77.8 Å². The highest BCUT2D eigenvalue weighted by Crippen LogP contribution is 2.38. The third-order valence-electron chi connectivity index (χ3n) is 3.47. The lowest BCUT2D eigenvalue weighted by atomic mass is 10.1. The van der Waals surface area contributed by atoms with Crippen LogP contribution in [0.2, 0.25) is 0 Å². The average Bonchev–Trinajstić information content (AvgIpc) is 2.78. The van der Waals surface area contributed by atoms with E-state index in [1.807, 2.05) is 34.6 Å². The van der Waals surface area contributed by atoms with Crippen LogP contribution in [-0.2, 0) is 23.7 Å². The second-order valence-corrected chi connectivity index (χ2v) is 5.99. The van der Waals surface area contributed by atoms with Gasteiger partial charge in [-0.25, -0.2) is 0 Å². The van der Waals surface area contributed by atoms with Crippen molar-refractivity contribution in [2.75, 3.05) is 0 Å². The molecule has 0 aliphatic carbocycles. The minimum Gasteiger partial charge on any atom is -0.459 e. The number of hydrogen-bond donors (Lipinski definition) is 0. The molecule has 1 unspecified atom stereocenters. The Kier molecular flexibility index (Phi) is 4.18. The van der Waals surface area contributed by atoms with Crippen LogP contribution in [0, 0.1) is 5.92 Å². The lowest BCUT2D eigenvalue weighted by Gasteiger charge is -2.25. The second-order valence-electron chi connectivity index (χ2n) is 5.99. The minimum absolute atomic E-state index is 0.0631. The van der Waals surface area contributed by atoms with E-state index in [0.29, 0.717) is 6.42 Å². The van der Waals surface area contributed by atoms with Crippen molar-refractivity contribution < 1.29 is 23.7 Å². The molecule has 4 atom stereocenters. The van der Waals surface area contributed by atoms with E-state index in [1.165, 1.54) is 0 Å². The van der Waals surface area contributed by atoms with Gasteiger partial charge >= 0.3 is 5.97 Å². The summed E-state index contributed by atoms with van der Waals surface area (Å²) in [6.07, 6.45) is 0.664. The van der Waals surface area contributed by atoms with Crippen molar-refractivity contribution in [3.8, 4) is 0 Å². The first-order valence-electron chi connectivity index (χ1n) is 7.04. The van der Waals surface area contributed by atoms with Crippen molar-refractivity contribution in [3.05, 3.63) is 0 Å². The molecule has 0 saturated carbocycles. The van der Waals surface area contributed by atoms with Crippen LogP contribution in [0.15, 0.2) is 0 Å². The molecule has 0 bridgehead atoms. The maximum absolute atomic E-state index is 11.7. The summed E-state index contributed by atoms with van der Waals surface area (Å²) in [6.45, 7) is 9.39. The lowest BCUT2D eigenvalue weighted by molar-refractivity contribution is -0.218. The molecule has 0 aromatic carbocycles. The Hall–Kier alpha value is -0.650. The number of carbonyl (C=O) groups excluding carboxylic acids is 1. The van der Waals surface area contributed by atoms with E-state index in [2.05, 4.69) is 0 Å². The summed E-state index contributed by atoms with van der Waals surface area (Å²) in [6, 6.07) is 0. The highest BCUT2D eigenvalue weighted by Gasteiger charge is 2.50. The van der Waals surface area contributed by atoms with Crippen molar-refractivity contribution >= 4 is 5.97 Å².